The van der Waals surface area contributed by atoms with Crippen LogP contribution in [0.3, 0.4) is 0 Å². The van der Waals surface area contributed by atoms with E-state index in [2.05, 4.69) is 0 Å². The van der Waals surface area contributed by atoms with Gasteiger partial charge in [0.15, 0.2) is 0 Å². The van der Waals surface area contributed by atoms with Crippen LogP contribution in [0.1, 0.15) is 10.4 Å². The summed E-state index contributed by atoms with van der Waals surface area (Å²) in [4.78, 5) is 10.5. The van der Waals surface area contributed by atoms with E-state index in [-0.39, 0.29) is 5.56 Å². The molecule has 0 fully saturated rings. The molecule has 0 aromatic heterocycles. The molecule has 1 aromatic carbocycles. The smallest absolute Gasteiger partial charge is 0.267 e. The molecule has 0 atom stereocenters. The summed E-state index contributed by atoms with van der Waals surface area (Å²) < 4.78 is 0. The third kappa shape index (κ3) is 1.85. The van der Waals surface area contributed by atoms with Crippen LogP contribution in [0.4, 0.5) is 0 Å². The third-order valence-corrected chi connectivity index (χ3v) is 1.92. The summed E-state index contributed by atoms with van der Waals surface area (Å²) in [6.07, 6.45) is 0. The van der Waals surface area contributed by atoms with Gasteiger partial charge in [-0.25, -0.2) is 0 Å². The highest BCUT2D eigenvalue weighted by Crippen LogP contribution is 2.22. The summed E-state index contributed by atoms with van der Waals surface area (Å²) in [5.74, 6) is -0.761. The van der Waals surface area contributed by atoms with Crippen molar-refractivity contribution in [1.29, 1.82) is 0 Å². The lowest BCUT2D eigenvalue weighted by Crippen LogP contribution is -1.97. The first kappa shape index (κ1) is 8.37. The first-order valence-electron chi connectivity index (χ1n) is 2.82. The molecule has 4 heteroatoms. The summed E-state index contributed by atoms with van der Waals surface area (Å²) in [5, 5.41) is 0.682. The average Bonchev–Trinajstić information content (AvgIpc) is 1.94. The lowest BCUT2D eigenvalue weighted by atomic mass is 10.2. The van der Waals surface area contributed by atoms with Crippen molar-refractivity contribution in [3.05, 3.63) is 33.8 Å². The largest absolute Gasteiger partial charge is 0.269 e. The monoisotopic (exact) mass is 188 g/mol. The van der Waals surface area contributed by atoms with Gasteiger partial charge in [0.05, 0.1) is 10.0 Å². The van der Waals surface area contributed by atoms with E-state index in [1.807, 2.05) is 0 Å². The first-order chi connectivity index (χ1) is 5.11. The van der Waals surface area contributed by atoms with Gasteiger partial charge < -0.3 is 0 Å². The maximum Gasteiger partial charge on any atom is 0.269 e. The summed E-state index contributed by atoms with van der Waals surface area (Å²) in [7, 11) is 0. The topological polar surface area (TPSA) is 40.9 Å². The molecular formula is C7H4Cl2NO. The Kier molecular flexibility index (Phi) is 2.37. The number of rotatable bonds is 1. The second-order valence-electron chi connectivity index (χ2n) is 1.96. The fourth-order valence-corrected chi connectivity index (χ4v) is 0.935. The maximum absolute atomic E-state index is 10.5. The first-order valence-corrected chi connectivity index (χ1v) is 3.58. The third-order valence-electron chi connectivity index (χ3n) is 1.18. The molecule has 11 heavy (non-hydrogen) atoms. The Labute approximate surface area is 73.9 Å². The minimum Gasteiger partial charge on any atom is -0.267 e. The predicted octanol–water partition coefficient (Wildman–Crippen LogP) is 2.42. The number of carbonyl (C=O) groups excluding carboxylic acids is 1. The average molecular weight is 189 g/mol. The van der Waals surface area contributed by atoms with E-state index in [4.69, 9.17) is 28.9 Å². The molecule has 1 radical (unpaired) electrons. The van der Waals surface area contributed by atoms with Gasteiger partial charge in [0.1, 0.15) is 0 Å². The summed E-state index contributed by atoms with van der Waals surface area (Å²) in [6, 6.07) is 4.33. The summed E-state index contributed by atoms with van der Waals surface area (Å²) in [6.45, 7) is 0. The van der Waals surface area contributed by atoms with Gasteiger partial charge in [0, 0.05) is 5.56 Å². The molecule has 1 rings (SSSR count). The molecule has 2 nitrogen and oxygen atoms in total. The minimum atomic E-state index is -0.761. The second-order valence-corrected chi connectivity index (χ2v) is 2.77. The highest BCUT2D eigenvalue weighted by Gasteiger charge is 2.03. The van der Waals surface area contributed by atoms with Gasteiger partial charge >= 0.3 is 0 Å². The Balaban J connectivity index is 3.15. The number of halogens is 2. The zero-order chi connectivity index (χ0) is 8.43. The van der Waals surface area contributed by atoms with Crippen molar-refractivity contribution in [2.75, 3.05) is 0 Å². The Hall–Kier alpha value is -0.730. The number of hydrogen-bond donors (Lipinski definition) is 0. The maximum atomic E-state index is 10.5. The SMILES string of the molecule is [NH]C(=O)c1ccc(Cl)c(Cl)c1. The molecule has 1 aromatic rings. The minimum absolute atomic E-state index is 0.249. The van der Waals surface area contributed by atoms with Crippen LogP contribution < -0.4 is 5.73 Å². The molecular weight excluding hydrogens is 185 g/mol. The van der Waals surface area contributed by atoms with E-state index >= 15 is 0 Å². The lowest BCUT2D eigenvalue weighted by molar-refractivity contribution is 0.0992. The van der Waals surface area contributed by atoms with Crippen molar-refractivity contribution >= 4 is 29.1 Å². The van der Waals surface area contributed by atoms with Gasteiger partial charge in [-0.1, -0.05) is 23.2 Å². The molecule has 1 N–H and O–H groups in total. The number of carbonyl (C=O) groups is 1. The zero-order valence-corrected chi connectivity index (χ0v) is 6.91. The van der Waals surface area contributed by atoms with Crippen molar-refractivity contribution in [2.45, 2.75) is 0 Å². The van der Waals surface area contributed by atoms with E-state index in [1.165, 1.54) is 18.2 Å². The molecule has 0 unspecified atom stereocenters. The number of benzene rings is 1. The van der Waals surface area contributed by atoms with Crippen molar-refractivity contribution in [3.8, 4) is 0 Å². The van der Waals surface area contributed by atoms with Gasteiger partial charge in [-0.3, -0.25) is 10.5 Å². The summed E-state index contributed by atoms with van der Waals surface area (Å²) >= 11 is 11.2. The molecule has 0 bridgehead atoms. The van der Waals surface area contributed by atoms with Crippen LogP contribution in [0, 0.1) is 0 Å². The molecule has 0 heterocycles. The molecule has 0 spiro atoms. The predicted molar refractivity (Wildman–Crippen MR) is 43.9 cm³/mol. The van der Waals surface area contributed by atoms with E-state index in [0.717, 1.165) is 0 Å². The molecule has 0 aliphatic rings. The van der Waals surface area contributed by atoms with Crippen molar-refractivity contribution < 1.29 is 4.79 Å². The second kappa shape index (κ2) is 3.11. The zero-order valence-electron chi connectivity index (χ0n) is 5.40. The van der Waals surface area contributed by atoms with Crippen LogP contribution in [-0.2, 0) is 0 Å². The van der Waals surface area contributed by atoms with Gasteiger partial charge in [0.25, 0.3) is 5.91 Å². The molecule has 1 amide bonds. The normalized spacial score (nSPS) is 9.64. The van der Waals surface area contributed by atoms with E-state index in [0.29, 0.717) is 10.0 Å². The quantitative estimate of drug-likeness (QED) is 0.668. The highest BCUT2D eigenvalue weighted by molar-refractivity contribution is 6.42. The molecule has 0 saturated heterocycles. The van der Waals surface area contributed by atoms with Crippen LogP contribution in [-0.4, -0.2) is 5.91 Å². The molecule has 57 valence electrons. The fourth-order valence-electron chi connectivity index (χ4n) is 0.637. The Morgan fingerprint density at radius 3 is 2.36 bits per heavy atom. The standard InChI is InChI=1S/C7H4Cl2NO/c8-5-2-1-4(7(10)11)3-6(5)9/h1-3,10H. The molecule has 0 aliphatic carbocycles. The number of amides is 1. The van der Waals surface area contributed by atoms with Gasteiger partial charge in [-0.2, -0.15) is 0 Å². The Morgan fingerprint density at radius 2 is 1.91 bits per heavy atom. The van der Waals surface area contributed by atoms with Crippen LogP contribution in [0.2, 0.25) is 10.0 Å². The molecule has 0 saturated carbocycles. The van der Waals surface area contributed by atoms with Crippen molar-refractivity contribution in [3.63, 3.8) is 0 Å². The van der Waals surface area contributed by atoms with E-state index < -0.39 is 5.91 Å². The summed E-state index contributed by atoms with van der Waals surface area (Å²) in [5.41, 5.74) is 6.99. The van der Waals surface area contributed by atoms with Gasteiger partial charge in [0.2, 0.25) is 0 Å². The van der Waals surface area contributed by atoms with Crippen LogP contribution in [0.25, 0.3) is 0 Å². The Bertz CT molecular complexity index is 298. The highest BCUT2D eigenvalue weighted by atomic mass is 35.5. The van der Waals surface area contributed by atoms with Gasteiger partial charge in [-0.15, -0.1) is 0 Å². The lowest BCUT2D eigenvalue weighted by Gasteiger charge is -1.96. The fraction of sp³-hybridized carbons (Fsp3) is 0. The van der Waals surface area contributed by atoms with Crippen LogP contribution in [0.5, 0.6) is 0 Å². The number of nitrogens with one attached hydrogen (secondary N) is 1. The van der Waals surface area contributed by atoms with Crippen molar-refractivity contribution in [2.24, 2.45) is 0 Å². The van der Waals surface area contributed by atoms with E-state index in [9.17, 15) is 4.79 Å². The van der Waals surface area contributed by atoms with Gasteiger partial charge in [-0.05, 0) is 18.2 Å². The molecule has 0 aliphatic heterocycles. The van der Waals surface area contributed by atoms with E-state index in [1.54, 1.807) is 0 Å². The number of hydrogen-bond acceptors (Lipinski definition) is 1. The Morgan fingerprint density at radius 1 is 1.27 bits per heavy atom. The van der Waals surface area contributed by atoms with Crippen LogP contribution >= 0.6 is 23.2 Å². The van der Waals surface area contributed by atoms with Crippen LogP contribution in [0.15, 0.2) is 18.2 Å². The van der Waals surface area contributed by atoms with Crippen molar-refractivity contribution in [1.82, 2.24) is 5.73 Å².